The van der Waals surface area contributed by atoms with Crippen LogP contribution in [-0.4, -0.2) is 38.0 Å². The fraction of sp³-hybridized carbons (Fsp3) is 0.261. The van der Waals surface area contributed by atoms with Gasteiger partial charge in [0.1, 0.15) is 0 Å². The predicted octanol–water partition coefficient (Wildman–Crippen LogP) is 3.70. The van der Waals surface area contributed by atoms with Crippen molar-refractivity contribution in [1.82, 2.24) is 19.0 Å². The molecule has 1 amide bonds. The van der Waals surface area contributed by atoms with Crippen molar-refractivity contribution in [2.24, 2.45) is 0 Å². The van der Waals surface area contributed by atoms with E-state index in [1.165, 1.54) is 11.3 Å². The second-order valence-electron chi connectivity index (χ2n) is 7.70. The van der Waals surface area contributed by atoms with Gasteiger partial charge in [-0.3, -0.25) is 13.9 Å². The number of hydrogen-bond donors (Lipinski definition) is 0. The predicted molar refractivity (Wildman–Crippen MR) is 118 cm³/mol. The molecule has 1 aliphatic heterocycles. The number of carbonyl (C=O) groups is 1. The molecular weight excluding hydrogens is 396 g/mol. The molecule has 3 aromatic heterocycles. The van der Waals surface area contributed by atoms with Gasteiger partial charge in [0.2, 0.25) is 0 Å². The van der Waals surface area contributed by atoms with E-state index in [1.54, 1.807) is 15.3 Å². The van der Waals surface area contributed by atoms with Crippen LogP contribution in [0.15, 0.2) is 64.9 Å². The lowest BCUT2D eigenvalue weighted by Gasteiger charge is -2.16. The molecule has 0 saturated carbocycles. The third-order valence-electron chi connectivity index (χ3n) is 5.78. The minimum Gasteiger partial charge on any atom is -0.336 e. The normalized spacial score (nSPS) is 16.4. The van der Waals surface area contributed by atoms with E-state index in [0.717, 1.165) is 27.9 Å². The molecule has 1 aliphatic rings. The fourth-order valence-electron chi connectivity index (χ4n) is 4.23. The van der Waals surface area contributed by atoms with Gasteiger partial charge in [-0.15, -0.1) is 11.3 Å². The van der Waals surface area contributed by atoms with E-state index >= 15 is 0 Å². The van der Waals surface area contributed by atoms with Gasteiger partial charge in [-0.1, -0.05) is 30.3 Å². The summed E-state index contributed by atoms with van der Waals surface area (Å²) in [6, 6.07) is 15.7. The quantitative estimate of drug-likeness (QED) is 0.508. The summed E-state index contributed by atoms with van der Waals surface area (Å²) < 4.78 is 3.57. The number of benzene rings is 1. The monoisotopic (exact) mass is 418 g/mol. The maximum Gasteiger partial charge on any atom is 0.330 e. The van der Waals surface area contributed by atoms with Crippen molar-refractivity contribution in [2.45, 2.75) is 25.9 Å². The molecule has 1 saturated heterocycles. The summed E-state index contributed by atoms with van der Waals surface area (Å²) in [7, 11) is 0. The first kappa shape index (κ1) is 18.8. The molecule has 0 N–H and O–H groups in total. The molecule has 6 nitrogen and oxygen atoms in total. The minimum absolute atomic E-state index is 0.0547. The molecule has 7 heteroatoms. The molecule has 152 valence electrons. The van der Waals surface area contributed by atoms with E-state index in [1.807, 2.05) is 65.7 Å². The smallest absolute Gasteiger partial charge is 0.330 e. The lowest BCUT2D eigenvalue weighted by atomic mass is 10.2. The lowest BCUT2D eigenvalue weighted by molar-refractivity contribution is 0.0792. The van der Waals surface area contributed by atoms with Crippen molar-refractivity contribution in [3.05, 3.63) is 86.6 Å². The number of aryl methyl sites for hydroxylation is 1. The largest absolute Gasteiger partial charge is 0.336 e. The number of carbonyl (C=O) groups excluding carboxylic acids is 1. The van der Waals surface area contributed by atoms with Crippen LogP contribution in [0.3, 0.4) is 0 Å². The third kappa shape index (κ3) is 3.15. The van der Waals surface area contributed by atoms with Gasteiger partial charge < -0.3 is 4.90 Å². The summed E-state index contributed by atoms with van der Waals surface area (Å²) in [6.45, 7) is 3.63. The van der Waals surface area contributed by atoms with Gasteiger partial charge in [0.25, 0.3) is 5.91 Å². The van der Waals surface area contributed by atoms with E-state index in [9.17, 15) is 9.59 Å². The van der Waals surface area contributed by atoms with Crippen LogP contribution in [0.1, 0.15) is 33.3 Å². The van der Waals surface area contributed by atoms with Gasteiger partial charge in [-0.05, 0) is 48.1 Å². The maximum absolute atomic E-state index is 13.4. The number of thiophene rings is 1. The average Bonchev–Trinajstić information content (AvgIpc) is 3.47. The molecule has 4 heterocycles. The van der Waals surface area contributed by atoms with E-state index in [4.69, 9.17) is 0 Å². The van der Waals surface area contributed by atoms with Crippen LogP contribution in [-0.2, 0) is 6.54 Å². The molecular formula is C23H22N4O2S. The van der Waals surface area contributed by atoms with Gasteiger partial charge in [0, 0.05) is 19.3 Å². The molecule has 0 aliphatic carbocycles. The second kappa shape index (κ2) is 7.57. The van der Waals surface area contributed by atoms with Crippen molar-refractivity contribution in [2.75, 3.05) is 13.1 Å². The Morgan fingerprint density at radius 2 is 2.00 bits per heavy atom. The first-order valence-electron chi connectivity index (χ1n) is 10.1. The Morgan fingerprint density at radius 1 is 1.17 bits per heavy atom. The van der Waals surface area contributed by atoms with Crippen LogP contribution in [0.4, 0.5) is 0 Å². The number of rotatable bonds is 4. The molecule has 0 radical (unpaired) electrons. The zero-order valence-electron chi connectivity index (χ0n) is 16.7. The number of amides is 1. The van der Waals surface area contributed by atoms with Gasteiger partial charge in [-0.25, -0.2) is 9.78 Å². The van der Waals surface area contributed by atoms with Gasteiger partial charge in [0.15, 0.2) is 5.65 Å². The highest BCUT2D eigenvalue weighted by Crippen LogP contribution is 2.27. The Kier molecular flexibility index (Phi) is 4.75. The molecule has 1 aromatic carbocycles. The number of pyridine rings is 1. The zero-order valence-corrected chi connectivity index (χ0v) is 17.5. The zero-order chi connectivity index (χ0) is 20.7. The van der Waals surface area contributed by atoms with E-state index in [0.29, 0.717) is 25.3 Å². The second-order valence-corrected chi connectivity index (χ2v) is 8.61. The van der Waals surface area contributed by atoms with Gasteiger partial charge in [0.05, 0.1) is 23.0 Å². The molecule has 0 unspecified atom stereocenters. The molecule has 4 aromatic rings. The summed E-state index contributed by atoms with van der Waals surface area (Å²) in [4.78, 5) is 33.5. The molecule has 1 fully saturated rings. The van der Waals surface area contributed by atoms with Crippen LogP contribution < -0.4 is 5.69 Å². The van der Waals surface area contributed by atoms with E-state index < -0.39 is 0 Å². The van der Waals surface area contributed by atoms with Crippen molar-refractivity contribution < 1.29 is 4.79 Å². The van der Waals surface area contributed by atoms with Crippen LogP contribution in [0.5, 0.6) is 0 Å². The van der Waals surface area contributed by atoms with Crippen LogP contribution in [0.25, 0.3) is 11.2 Å². The van der Waals surface area contributed by atoms with Gasteiger partial charge in [-0.2, -0.15) is 0 Å². The van der Waals surface area contributed by atoms with E-state index in [2.05, 4.69) is 4.98 Å². The fourth-order valence-corrected chi connectivity index (χ4v) is 5.12. The van der Waals surface area contributed by atoms with Crippen LogP contribution in [0.2, 0.25) is 0 Å². The Morgan fingerprint density at radius 3 is 2.77 bits per heavy atom. The highest BCUT2D eigenvalue weighted by atomic mass is 32.1. The number of imidazole rings is 1. The highest BCUT2D eigenvalue weighted by molar-refractivity contribution is 7.12. The lowest BCUT2D eigenvalue weighted by Crippen LogP contribution is -2.32. The van der Waals surface area contributed by atoms with Crippen LogP contribution in [0, 0.1) is 6.92 Å². The number of fused-ring (bicyclic) bond motifs is 1. The Balaban J connectivity index is 1.49. The highest BCUT2D eigenvalue weighted by Gasteiger charge is 2.32. The number of nitrogens with zero attached hydrogens (tertiary/aromatic N) is 4. The first-order chi connectivity index (χ1) is 14.6. The van der Waals surface area contributed by atoms with E-state index in [-0.39, 0.29) is 17.6 Å². The summed E-state index contributed by atoms with van der Waals surface area (Å²) >= 11 is 1.48. The van der Waals surface area contributed by atoms with Crippen molar-refractivity contribution in [3.63, 3.8) is 0 Å². The summed E-state index contributed by atoms with van der Waals surface area (Å²) in [6.07, 6.45) is 2.47. The average molecular weight is 419 g/mol. The molecule has 30 heavy (non-hydrogen) atoms. The Labute approximate surface area is 178 Å². The number of likely N-dealkylation sites (tertiary alicyclic amines) is 1. The van der Waals surface area contributed by atoms with Crippen LogP contribution >= 0.6 is 11.3 Å². The number of hydrogen-bond acceptors (Lipinski definition) is 4. The van der Waals surface area contributed by atoms with Crippen molar-refractivity contribution in [3.8, 4) is 0 Å². The standard InChI is InChI=1S/C23H22N4O2S/c1-16-10-13-30-20(16)22(28)25-12-9-18(15-25)27-21-19(8-5-11-24-21)26(23(27)29)14-17-6-3-2-4-7-17/h2-8,10-11,13,18H,9,12,14-15H2,1H3/t18-/m1/s1. The molecule has 0 bridgehead atoms. The summed E-state index contributed by atoms with van der Waals surface area (Å²) in [5.41, 5.74) is 3.51. The summed E-state index contributed by atoms with van der Waals surface area (Å²) in [5.74, 6) is 0.0547. The topological polar surface area (TPSA) is 60.1 Å². The molecule has 1 atom stereocenters. The number of aromatic nitrogens is 3. The van der Waals surface area contributed by atoms with Gasteiger partial charge >= 0.3 is 5.69 Å². The Bertz CT molecular complexity index is 1270. The summed E-state index contributed by atoms with van der Waals surface area (Å²) in [5, 5.41) is 1.95. The third-order valence-corrected chi connectivity index (χ3v) is 6.78. The van der Waals surface area contributed by atoms with Crippen molar-refractivity contribution in [1.29, 1.82) is 0 Å². The Hall–Kier alpha value is -3.19. The maximum atomic E-state index is 13.4. The van der Waals surface area contributed by atoms with Crippen molar-refractivity contribution >= 4 is 28.4 Å². The first-order valence-corrected chi connectivity index (χ1v) is 10.9. The molecule has 5 rings (SSSR count). The SMILES string of the molecule is Cc1ccsc1C(=O)N1CC[C@@H](n2c(=O)n(Cc3ccccc3)c3cccnc32)C1. The minimum atomic E-state index is -0.0730. The molecule has 0 spiro atoms.